The zero-order valence-electron chi connectivity index (χ0n) is 11.3. The first-order valence-electron chi connectivity index (χ1n) is 6.13. The number of rotatable bonds is 7. The van der Waals surface area contributed by atoms with E-state index in [9.17, 15) is 4.79 Å². The monoisotopic (exact) mass is 251 g/mol. The van der Waals surface area contributed by atoms with E-state index in [1.807, 2.05) is 18.0 Å². The van der Waals surface area contributed by atoms with Gasteiger partial charge in [0, 0.05) is 18.7 Å². The Balaban J connectivity index is 2.71. The largest absolute Gasteiger partial charge is 0.496 e. The van der Waals surface area contributed by atoms with Crippen molar-refractivity contribution >= 4 is 5.97 Å². The number of aliphatic carboxylic acids is 1. The third-order valence-corrected chi connectivity index (χ3v) is 2.90. The van der Waals surface area contributed by atoms with Crippen molar-refractivity contribution in [3.63, 3.8) is 0 Å². The van der Waals surface area contributed by atoms with Crippen LogP contribution in [0.5, 0.6) is 5.75 Å². The second kappa shape index (κ2) is 7.01. The van der Waals surface area contributed by atoms with Crippen LogP contribution in [0.25, 0.3) is 0 Å². The fraction of sp³-hybridized carbons (Fsp3) is 0.500. The highest BCUT2D eigenvalue weighted by Gasteiger charge is 2.08. The molecule has 1 aromatic rings. The number of carboxylic acid groups (broad SMARTS) is 1. The number of aryl methyl sites for hydroxylation is 1. The summed E-state index contributed by atoms with van der Waals surface area (Å²) in [6.45, 7) is 3.35. The van der Waals surface area contributed by atoms with Crippen LogP contribution in [0.4, 0.5) is 0 Å². The molecule has 1 N–H and O–H groups in total. The van der Waals surface area contributed by atoms with E-state index in [0.717, 1.165) is 17.7 Å². The molecule has 1 aromatic carbocycles. The second-order valence-corrected chi connectivity index (χ2v) is 4.38. The van der Waals surface area contributed by atoms with Gasteiger partial charge in [-0.25, -0.2) is 0 Å². The van der Waals surface area contributed by atoms with Crippen molar-refractivity contribution in [1.82, 2.24) is 4.90 Å². The molecule has 100 valence electrons. The molecular weight excluding hydrogens is 230 g/mol. The lowest BCUT2D eigenvalue weighted by molar-refractivity contribution is -0.137. The summed E-state index contributed by atoms with van der Waals surface area (Å²) >= 11 is 0. The molecule has 0 aromatic heterocycles. The van der Waals surface area contributed by atoms with Gasteiger partial charge in [0.25, 0.3) is 0 Å². The predicted molar refractivity (Wildman–Crippen MR) is 71.0 cm³/mol. The number of carboxylic acids is 1. The van der Waals surface area contributed by atoms with Gasteiger partial charge in [-0.05, 0) is 25.1 Å². The van der Waals surface area contributed by atoms with Crippen molar-refractivity contribution in [3.05, 3.63) is 29.3 Å². The van der Waals surface area contributed by atoms with E-state index in [0.29, 0.717) is 13.1 Å². The number of nitrogens with zero attached hydrogens (tertiary/aromatic N) is 1. The second-order valence-electron chi connectivity index (χ2n) is 4.38. The first-order valence-corrected chi connectivity index (χ1v) is 6.13. The molecule has 0 heterocycles. The van der Waals surface area contributed by atoms with Crippen LogP contribution in [0.2, 0.25) is 0 Å². The number of benzene rings is 1. The average Bonchev–Trinajstić information content (AvgIpc) is 2.36. The quantitative estimate of drug-likeness (QED) is 0.807. The molecule has 4 heteroatoms. The van der Waals surface area contributed by atoms with Gasteiger partial charge >= 0.3 is 5.97 Å². The summed E-state index contributed by atoms with van der Waals surface area (Å²) in [6.07, 6.45) is 1.14. The summed E-state index contributed by atoms with van der Waals surface area (Å²) in [4.78, 5) is 12.5. The topological polar surface area (TPSA) is 49.8 Å². The Kier molecular flexibility index (Phi) is 5.65. The van der Waals surface area contributed by atoms with Crippen LogP contribution in [0, 0.1) is 0 Å². The number of carbonyl (C=O) groups is 1. The molecule has 0 radical (unpaired) electrons. The number of hydrogen-bond acceptors (Lipinski definition) is 3. The van der Waals surface area contributed by atoms with Crippen molar-refractivity contribution in [2.24, 2.45) is 0 Å². The minimum Gasteiger partial charge on any atom is -0.496 e. The summed E-state index contributed by atoms with van der Waals surface area (Å²) in [5.74, 6) is 0.0884. The van der Waals surface area contributed by atoms with E-state index < -0.39 is 5.97 Å². The molecule has 0 saturated heterocycles. The lowest BCUT2D eigenvalue weighted by Crippen LogP contribution is -2.21. The summed E-state index contributed by atoms with van der Waals surface area (Å²) in [5, 5.41) is 8.66. The zero-order chi connectivity index (χ0) is 13.5. The van der Waals surface area contributed by atoms with Crippen molar-refractivity contribution < 1.29 is 14.6 Å². The van der Waals surface area contributed by atoms with Gasteiger partial charge in [-0.15, -0.1) is 0 Å². The number of ether oxygens (including phenoxy) is 1. The highest BCUT2D eigenvalue weighted by molar-refractivity contribution is 5.66. The van der Waals surface area contributed by atoms with E-state index in [1.54, 1.807) is 7.11 Å². The first-order chi connectivity index (χ1) is 8.56. The Hall–Kier alpha value is -1.55. The molecule has 0 unspecified atom stereocenters. The molecule has 0 fully saturated rings. The molecule has 0 amide bonds. The lowest BCUT2D eigenvalue weighted by Gasteiger charge is -2.18. The van der Waals surface area contributed by atoms with Gasteiger partial charge in [0.2, 0.25) is 0 Å². The molecule has 0 spiro atoms. The number of methoxy groups -OCH3 is 1. The van der Waals surface area contributed by atoms with Gasteiger partial charge in [-0.3, -0.25) is 4.79 Å². The van der Waals surface area contributed by atoms with Crippen LogP contribution in [-0.4, -0.2) is 36.7 Å². The van der Waals surface area contributed by atoms with Gasteiger partial charge in [0.1, 0.15) is 5.75 Å². The van der Waals surface area contributed by atoms with Crippen molar-refractivity contribution in [2.45, 2.75) is 26.3 Å². The Bertz CT molecular complexity index is 404. The van der Waals surface area contributed by atoms with E-state index in [4.69, 9.17) is 9.84 Å². The molecule has 0 aliphatic heterocycles. The van der Waals surface area contributed by atoms with Crippen LogP contribution in [0.15, 0.2) is 18.2 Å². The maximum atomic E-state index is 10.5. The SMILES string of the molecule is CCc1ccc(OC)c(CN(C)CCC(=O)O)c1. The van der Waals surface area contributed by atoms with Crippen LogP contribution in [-0.2, 0) is 17.8 Å². The zero-order valence-corrected chi connectivity index (χ0v) is 11.3. The van der Waals surface area contributed by atoms with E-state index in [1.165, 1.54) is 5.56 Å². The molecule has 0 saturated carbocycles. The van der Waals surface area contributed by atoms with Gasteiger partial charge in [-0.1, -0.05) is 19.1 Å². The van der Waals surface area contributed by atoms with Crippen LogP contribution >= 0.6 is 0 Å². The molecule has 18 heavy (non-hydrogen) atoms. The fourth-order valence-electron chi connectivity index (χ4n) is 1.83. The van der Waals surface area contributed by atoms with E-state index in [-0.39, 0.29) is 6.42 Å². The first kappa shape index (κ1) is 14.5. The standard InChI is InChI=1S/C14H21NO3/c1-4-11-5-6-13(18-3)12(9-11)10-15(2)8-7-14(16)17/h5-6,9H,4,7-8,10H2,1-3H3,(H,16,17). The molecule has 0 bridgehead atoms. The third-order valence-electron chi connectivity index (χ3n) is 2.90. The average molecular weight is 251 g/mol. The number of hydrogen-bond donors (Lipinski definition) is 1. The summed E-state index contributed by atoms with van der Waals surface area (Å²) in [6, 6.07) is 6.15. The Labute approximate surface area is 108 Å². The maximum Gasteiger partial charge on any atom is 0.304 e. The van der Waals surface area contributed by atoms with E-state index in [2.05, 4.69) is 19.1 Å². The van der Waals surface area contributed by atoms with Gasteiger partial charge in [0.15, 0.2) is 0 Å². The molecule has 1 rings (SSSR count). The Morgan fingerprint density at radius 2 is 2.17 bits per heavy atom. The summed E-state index contributed by atoms with van der Waals surface area (Å²) in [5.41, 5.74) is 2.36. The predicted octanol–water partition coefficient (Wildman–Crippen LogP) is 2.16. The molecular formula is C14H21NO3. The highest BCUT2D eigenvalue weighted by Crippen LogP contribution is 2.21. The molecule has 4 nitrogen and oxygen atoms in total. The third kappa shape index (κ3) is 4.37. The van der Waals surface area contributed by atoms with Crippen molar-refractivity contribution in [1.29, 1.82) is 0 Å². The van der Waals surface area contributed by atoms with Gasteiger partial charge in [0.05, 0.1) is 13.5 Å². The maximum absolute atomic E-state index is 10.5. The van der Waals surface area contributed by atoms with Crippen LogP contribution < -0.4 is 4.74 Å². The summed E-state index contributed by atoms with van der Waals surface area (Å²) < 4.78 is 5.33. The van der Waals surface area contributed by atoms with Crippen molar-refractivity contribution in [2.75, 3.05) is 20.7 Å². The highest BCUT2D eigenvalue weighted by atomic mass is 16.5. The molecule has 0 aliphatic rings. The fourth-order valence-corrected chi connectivity index (χ4v) is 1.83. The van der Waals surface area contributed by atoms with Crippen molar-refractivity contribution in [3.8, 4) is 5.75 Å². The van der Waals surface area contributed by atoms with Crippen LogP contribution in [0.3, 0.4) is 0 Å². The smallest absolute Gasteiger partial charge is 0.304 e. The lowest BCUT2D eigenvalue weighted by atomic mass is 10.1. The minimum atomic E-state index is -0.767. The van der Waals surface area contributed by atoms with Gasteiger partial charge < -0.3 is 14.7 Å². The van der Waals surface area contributed by atoms with Gasteiger partial charge in [-0.2, -0.15) is 0 Å². The van der Waals surface area contributed by atoms with Crippen LogP contribution in [0.1, 0.15) is 24.5 Å². The Morgan fingerprint density at radius 3 is 2.72 bits per heavy atom. The minimum absolute atomic E-state index is 0.159. The van der Waals surface area contributed by atoms with E-state index >= 15 is 0 Å². The normalized spacial score (nSPS) is 10.7. The Morgan fingerprint density at radius 1 is 1.44 bits per heavy atom. The molecule has 0 atom stereocenters. The molecule has 0 aliphatic carbocycles. The summed E-state index contributed by atoms with van der Waals surface area (Å²) in [7, 11) is 3.57.